The number of carbonyl (C=O) groups excluding carboxylic acids is 5. The standard InChI is InChI=1S/C29H37N4O7P/c1-19(2)16-24(33-29(38)28(37)31-21-10-6-4-7-11-21)27(36)32-23(17-20-14-15-30-26(20)35)25(34)18-40-41(3,39)22-12-8-5-9-13-22/h4-13,19-20,23-24H,14-18H2,1-3H3,(H,30,35)(H,31,37)(H,32,36)(H,33,38)/t20-,23-,24-,41?/m0/s1. The van der Waals surface area contributed by atoms with Gasteiger partial charge in [-0.25, -0.2) is 0 Å². The topological polar surface area (TPSA) is 160 Å². The van der Waals surface area contributed by atoms with Crippen LogP contribution in [-0.4, -0.2) is 61.3 Å². The van der Waals surface area contributed by atoms with Crippen molar-refractivity contribution in [2.24, 2.45) is 11.8 Å². The molecular weight excluding hydrogens is 547 g/mol. The van der Waals surface area contributed by atoms with E-state index in [0.717, 1.165) is 0 Å². The number of benzene rings is 2. The molecule has 0 spiro atoms. The molecule has 1 aliphatic rings. The number of hydrogen-bond acceptors (Lipinski definition) is 7. The minimum Gasteiger partial charge on any atom is -0.356 e. The molecule has 1 fully saturated rings. The van der Waals surface area contributed by atoms with Gasteiger partial charge in [0, 0.05) is 30.1 Å². The number of amides is 4. The predicted octanol–water partition coefficient (Wildman–Crippen LogP) is 1.99. The van der Waals surface area contributed by atoms with Crippen LogP contribution in [0.15, 0.2) is 60.7 Å². The number of carbonyl (C=O) groups is 5. The molecule has 4 amide bonds. The maximum atomic E-state index is 13.4. The molecule has 220 valence electrons. The number of anilines is 1. The largest absolute Gasteiger partial charge is 0.356 e. The van der Waals surface area contributed by atoms with E-state index < -0.39 is 55.5 Å². The second kappa shape index (κ2) is 14.7. The summed E-state index contributed by atoms with van der Waals surface area (Å²) in [7, 11) is -3.33. The molecule has 1 heterocycles. The third-order valence-corrected chi connectivity index (χ3v) is 8.49. The second-order valence-corrected chi connectivity index (χ2v) is 12.9. The van der Waals surface area contributed by atoms with Crippen molar-refractivity contribution in [2.45, 2.75) is 45.2 Å². The van der Waals surface area contributed by atoms with Crippen LogP contribution in [0, 0.1) is 11.8 Å². The molecular formula is C29H37N4O7P. The molecule has 12 heteroatoms. The maximum absolute atomic E-state index is 13.4. The zero-order chi connectivity index (χ0) is 30.0. The minimum absolute atomic E-state index is 0.00988. The highest BCUT2D eigenvalue weighted by molar-refractivity contribution is 7.66. The molecule has 0 aromatic heterocycles. The van der Waals surface area contributed by atoms with Crippen LogP contribution in [0.3, 0.4) is 0 Å². The van der Waals surface area contributed by atoms with Crippen LogP contribution in [0.5, 0.6) is 0 Å². The van der Waals surface area contributed by atoms with Crippen molar-refractivity contribution in [3.63, 3.8) is 0 Å². The fraction of sp³-hybridized carbons (Fsp3) is 0.414. The van der Waals surface area contributed by atoms with Crippen LogP contribution < -0.4 is 26.6 Å². The summed E-state index contributed by atoms with van der Waals surface area (Å²) < 4.78 is 18.6. The average molecular weight is 585 g/mol. The highest BCUT2D eigenvalue weighted by Crippen LogP contribution is 2.41. The fourth-order valence-electron chi connectivity index (χ4n) is 4.39. The van der Waals surface area contributed by atoms with Crippen molar-refractivity contribution in [1.82, 2.24) is 16.0 Å². The van der Waals surface area contributed by atoms with Gasteiger partial charge in [0.15, 0.2) is 5.78 Å². The van der Waals surface area contributed by atoms with Gasteiger partial charge in [0.25, 0.3) is 0 Å². The second-order valence-electron chi connectivity index (χ2n) is 10.5. The van der Waals surface area contributed by atoms with Crippen LogP contribution in [0.25, 0.3) is 0 Å². The van der Waals surface area contributed by atoms with E-state index in [1.165, 1.54) is 6.66 Å². The normalized spacial score (nSPS) is 17.6. The Kier molecular flexibility index (Phi) is 11.4. The lowest BCUT2D eigenvalue weighted by molar-refractivity contribution is -0.138. The van der Waals surface area contributed by atoms with Gasteiger partial charge in [0.05, 0.1) is 6.04 Å². The number of ketones is 1. The molecule has 4 atom stereocenters. The van der Waals surface area contributed by atoms with Gasteiger partial charge in [-0.2, -0.15) is 0 Å². The lowest BCUT2D eigenvalue weighted by Crippen LogP contribution is -2.54. The Morgan fingerprint density at radius 2 is 1.59 bits per heavy atom. The molecule has 41 heavy (non-hydrogen) atoms. The molecule has 3 rings (SSSR count). The fourth-order valence-corrected chi connectivity index (χ4v) is 5.63. The molecule has 1 aliphatic heterocycles. The number of nitrogens with one attached hydrogen (secondary N) is 4. The van der Waals surface area contributed by atoms with E-state index in [0.29, 0.717) is 24.0 Å². The molecule has 1 unspecified atom stereocenters. The Hall–Kier alpha value is -3.82. The summed E-state index contributed by atoms with van der Waals surface area (Å²) in [6.45, 7) is 5.00. The molecule has 2 aromatic carbocycles. The van der Waals surface area contributed by atoms with Gasteiger partial charge in [-0.1, -0.05) is 50.2 Å². The molecule has 0 bridgehead atoms. The Labute approximate surface area is 239 Å². The first kappa shape index (κ1) is 31.7. The van der Waals surface area contributed by atoms with Gasteiger partial charge in [0.2, 0.25) is 19.2 Å². The van der Waals surface area contributed by atoms with Crippen molar-refractivity contribution in [3.8, 4) is 0 Å². The van der Waals surface area contributed by atoms with Crippen molar-refractivity contribution in [3.05, 3.63) is 60.7 Å². The lowest BCUT2D eigenvalue weighted by atomic mass is 9.95. The summed E-state index contributed by atoms with van der Waals surface area (Å²) in [6.07, 6.45) is 0.688. The molecule has 0 aliphatic carbocycles. The van der Waals surface area contributed by atoms with Gasteiger partial charge >= 0.3 is 11.8 Å². The highest BCUT2D eigenvalue weighted by Gasteiger charge is 2.34. The van der Waals surface area contributed by atoms with E-state index in [4.69, 9.17) is 4.52 Å². The number of hydrogen-bond donors (Lipinski definition) is 4. The van der Waals surface area contributed by atoms with Crippen LogP contribution >= 0.6 is 7.37 Å². The summed E-state index contributed by atoms with van der Waals surface area (Å²) in [6, 6.07) is 14.6. The summed E-state index contributed by atoms with van der Waals surface area (Å²) >= 11 is 0. The quantitative estimate of drug-likeness (QED) is 0.207. The van der Waals surface area contributed by atoms with Crippen molar-refractivity contribution in [1.29, 1.82) is 0 Å². The first-order valence-electron chi connectivity index (χ1n) is 13.5. The Bertz CT molecular complexity index is 1290. The lowest BCUT2D eigenvalue weighted by Gasteiger charge is -2.25. The summed E-state index contributed by atoms with van der Waals surface area (Å²) in [5, 5.41) is 10.7. The van der Waals surface area contributed by atoms with Gasteiger partial charge in [-0.3, -0.25) is 28.5 Å². The SMILES string of the molecule is CC(C)C[C@H](NC(=O)C(=O)Nc1ccccc1)C(=O)N[C@@H](C[C@@H]1CCNC1=O)C(=O)COP(C)(=O)c1ccccc1. The maximum Gasteiger partial charge on any atom is 0.313 e. The summed E-state index contributed by atoms with van der Waals surface area (Å²) in [5.41, 5.74) is 0.418. The molecule has 2 aromatic rings. The molecule has 4 N–H and O–H groups in total. The van der Waals surface area contributed by atoms with E-state index in [2.05, 4.69) is 21.3 Å². The average Bonchev–Trinajstić information content (AvgIpc) is 3.35. The van der Waals surface area contributed by atoms with E-state index in [1.54, 1.807) is 60.7 Å². The predicted molar refractivity (Wildman–Crippen MR) is 155 cm³/mol. The van der Waals surface area contributed by atoms with Crippen molar-refractivity contribution >= 4 is 47.8 Å². The minimum atomic E-state index is -3.33. The number of Topliss-reactive ketones (excluding diaryl/α,β-unsaturated/α-hetero) is 1. The molecule has 1 saturated heterocycles. The van der Waals surface area contributed by atoms with Gasteiger partial charge in [0.1, 0.15) is 12.6 Å². The summed E-state index contributed by atoms with van der Waals surface area (Å²) in [4.78, 5) is 64.0. The molecule has 0 radical (unpaired) electrons. The van der Waals surface area contributed by atoms with E-state index in [-0.39, 0.29) is 24.7 Å². The van der Waals surface area contributed by atoms with Crippen LogP contribution in [0.1, 0.15) is 33.1 Å². The Morgan fingerprint density at radius 3 is 2.17 bits per heavy atom. The zero-order valence-electron chi connectivity index (χ0n) is 23.4. The van der Waals surface area contributed by atoms with Gasteiger partial charge in [-0.05, 0) is 49.4 Å². The van der Waals surface area contributed by atoms with Crippen molar-refractivity contribution in [2.75, 3.05) is 25.1 Å². The number of para-hydroxylation sites is 1. The first-order chi connectivity index (χ1) is 19.5. The third-order valence-electron chi connectivity index (χ3n) is 6.63. The number of rotatable bonds is 13. The monoisotopic (exact) mass is 584 g/mol. The Balaban J connectivity index is 1.71. The highest BCUT2D eigenvalue weighted by atomic mass is 31.2. The smallest absolute Gasteiger partial charge is 0.313 e. The van der Waals surface area contributed by atoms with Gasteiger partial charge in [-0.15, -0.1) is 0 Å². The zero-order valence-corrected chi connectivity index (χ0v) is 24.3. The van der Waals surface area contributed by atoms with Crippen LogP contribution in [0.2, 0.25) is 0 Å². The molecule has 11 nitrogen and oxygen atoms in total. The van der Waals surface area contributed by atoms with E-state index >= 15 is 0 Å². The van der Waals surface area contributed by atoms with Gasteiger partial charge < -0.3 is 25.8 Å². The van der Waals surface area contributed by atoms with E-state index in [1.807, 2.05) is 13.8 Å². The van der Waals surface area contributed by atoms with E-state index in [9.17, 15) is 28.5 Å². The Morgan fingerprint density at radius 1 is 0.951 bits per heavy atom. The van der Waals surface area contributed by atoms with Crippen molar-refractivity contribution < 1.29 is 33.1 Å². The first-order valence-corrected chi connectivity index (χ1v) is 15.6. The molecule has 0 saturated carbocycles. The third kappa shape index (κ3) is 9.65. The summed E-state index contributed by atoms with van der Waals surface area (Å²) in [5.74, 6) is -3.98. The van der Waals surface area contributed by atoms with Crippen LogP contribution in [-0.2, 0) is 33.1 Å². The van der Waals surface area contributed by atoms with Crippen LogP contribution in [0.4, 0.5) is 5.69 Å².